The zero-order chi connectivity index (χ0) is 9.84. The van der Waals surface area contributed by atoms with Crippen LogP contribution in [0.1, 0.15) is 6.42 Å². The van der Waals surface area contributed by atoms with Gasteiger partial charge in [0.05, 0.1) is 12.5 Å². The molecule has 1 heterocycles. The van der Waals surface area contributed by atoms with E-state index in [1.807, 2.05) is 0 Å². The monoisotopic (exact) mass is 186 g/mol. The molecule has 0 saturated carbocycles. The Balaban J connectivity index is 2.37. The quantitative estimate of drug-likeness (QED) is 0.568. The first kappa shape index (κ1) is 9.98. The third kappa shape index (κ3) is 2.42. The van der Waals surface area contributed by atoms with Crippen LogP contribution >= 0.6 is 0 Å². The molecule has 1 aliphatic rings. The molecule has 2 N–H and O–H groups in total. The molecule has 13 heavy (non-hydrogen) atoms. The second kappa shape index (κ2) is 4.23. The molecule has 0 unspecified atom stereocenters. The molecule has 2 amide bonds. The molecule has 1 aliphatic heterocycles. The molecule has 1 atom stereocenters. The van der Waals surface area contributed by atoms with Crippen LogP contribution in [0.25, 0.3) is 0 Å². The number of likely N-dealkylation sites (tertiary alicyclic amines) is 1. The average Bonchev–Trinajstić information content (AvgIpc) is 2.43. The van der Waals surface area contributed by atoms with E-state index in [1.54, 1.807) is 11.9 Å². The van der Waals surface area contributed by atoms with E-state index in [2.05, 4.69) is 5.32 Å². The van der Waals surface area contributed by atoms with E-state index in [4.69, 9.17) is 5.11 Å². The van der Waals surface area contributed by atoms with Crippen molar-refractivity contribution < 1.29 is 14.7 Å². The first-order valence-corrected chi connectivity index (χ1v) is 4.27. The predicted octanol–water partition coefficient (Wildman–Crippen LogP) is -1.43. The Morgan fingerprint density at radius 1 is 1.77 bits per heavy atom. The molecule has 0 aliphatic carbocycles. The lowest BCUT2D eigenvalue weighted by Gasteiger charge is -2.09. The molecule has 0 aromatic heterocycles. The first-order valence-electron chi connectivity index (χ1n) is 4.27. The summed E-state index contributed by atoms with van der Waals surface area (Å²) < 4.78 is 0. The molecule has 0 aromatic rings. The Morgan fingerprint density at radius 3 is 2.92 bits per heavy atom. The van der Waals surface area contributed by atoms with Crippen molar-refractivity contribution in [3.05, 3.63) is 0 Å². The summed E-state index contributed by atoms with van der Waals surface area (Å²) in [5.41, 5.74) is 0. The number of carbonyl (C=O) groups excluding carboxylic acids is 2. The lowest BCUT2D eigenvalue weighted by Crippen LogP contribution is -2.33. The topological polar surface area (TPSA) is 69.6 Å². The van der Waals surface area contributed by atoms with Gasteiger partial charge in [-0.15, -0.1) is 0 Å². The lowest BCUT2D eigenvalue weighted by molar-refractivity contribution is -0.128. The summed E-state index contributed by atoms with van der Waals surface area (Å²) in [4.78, 5) is 23.9. The van der Waals surface area contributed by atoms with Gasteiger partial charge in [0.2, 0.25) is 11.8 Å². The molecule has 1 saturated heterocycles. The summed E-state index contributed by atoms with van der Waals surface area (Å²) >= 11 is 0. The third-order valence-corrected chi connectivity index (χ3v) is 2.12. The van der Waals surface area contributed by atoms with E-state index in [9.17, 15) is 9.59 Å². The van der Waals surface area contributed by atoms with Crippen LogP contribution < -0.4 is 5.32 Å². The van der Waals surface area contributed by atoms with Crippen molar-refractivity contribution in [2.75, 3.05) is 26.7 Å². The van der Waals surface area contributed by atoms with E-state index in [0.717, 1.165) is 0 Å². The minimum absolute atomic E-state index is 0.00384. The fourth-order valence-corrected chi connectivity index (χ4v) is 1.36. The molecule has 0 bridgehead atoms. The second-order valence-electron chi connectivity index (χ2n) is 3.19. The first-order chi connectivity index (χ1) is 6.15. The van der Waals surface area contributed by atoms with Crippen molar-refractivity contribution in [3.63, 3.8) is 0 Å². The average molecular weight is 186 g/mol. The molecular weight excluding hydrogens is 172 g/mol. The van der Waals surface area contributed by atoms with Crippen molar-refractivity contribution in [2.24, 2.45) is 5.92 Å². The van der Waals surface area contributed by atoms with Crippen LogP contribution in [0.2, 0.25) is 0 Å². The number of amides is 2. The van der Waals surface area contributed by atoms with Gasteiger partial charge in [0.25, 0.3) is 0 Å². The van der Waals surface area contributed by atoms with Gasteiger partial charge in [-0.25, -0.2) is 0 Å². The van der Waals surface area contributed by atoms with E-state index < -0.39 is 0 Å². The summed E-state index contributed by atoms with van der Waals surface area (Å²) in [6, 6.07) is 0. The van der Waals surface area contributed by atoms with Crippen molar-refractivity contribution in [1.29, 1.82) is 0 Å². The summed E-state index contributed by atoms with van der Waals surface area (Å²) in [7, 11) is 1.68. The van der Waals surface area contributed by atoms with Crippen LogP contribution in [0.4, 0.5) is 0 Å². The van der Waals surface area contributed by atoms with Crippen molar-refractivity contribution >= 4 is 11.8 Å². The minimum Gasteiger partial charge on any atom is -0.395 e. The summed E-state index contributed by atoms with van der Waals surface area (Å²) in [6.45, 7) is 0.672. The largest absolute Gasteiger partial charge is 0.395 e. The Morgan fingerprint density at radius 2 is 2.46 bits per heavy atom. The maximum Gasteiger partial charge on any atom is 0.225 e. The number of hydrogen-bond donors (Lipinski definition) is 2. The highest BCUT2D eigenvalue weighted by atomic mass is 16.3. The predicted molar refractivity (Wildman–Crippen MR) is 45.8 cm³/mol. The SMILES string of the molecule is CN1C[C@@H](C(=O)NCCO)CC1=O. The van der Waals surface area contributed by atoms with Crippen LogP contribution in [0.3, 0.4) is 0 Å². The third-order valence-electron chi connectivity index (χ3n) is 2.12. The fourth-order valence-electron chi connectivity index (χ4n) is 1.36. The normalized spacial score (nSPS) is 22.2. The second-order valence-corrected chi connectivity index (χ2v) is 3.19. The Labute approximate surface area is 76.7 Å². The maximum absolute atomic E-state index is 11.3. The van der Waals surface area contributed by atoms with E-state index in [1.165, 1.54) is 0 Å². The van der Waals surface area contributed by atoms with Crippen molar-refractivity contribution in [3.8, 4) is 0 Å². The Kier molecular flexibility index (Phi) is 3.25. The molecule has 1 rings (SSSR count). The van der Waals surface area contributed by atoms with Gasteiger partial charge in [-0.05, 0) is 0 Å². The zero-order valence-electron chi connectivity index (χ0n) is 7.62. The number of hydrogen-bond acceptors (Lipinski definition) is 3. The standard InChI is InChI=1S/C8H14N2O3/c1-10-5-6(4-7(10)12)8(13)9-2-3-11/h6,11H,2-5H2,1H3,(H,9,13)/t6-/m0/s1. The molecule has 0 radical (unpaired) electrons. The van der Waals surface area contributed by atoms with Crippen LogP contribution in [-0.2, 0) is 9.59 Å². The van der Waals surface area contributed by atoms with E-state index >= 15 is 0 Å². The zero-order valence-corrected chi connectivity index (χ0v) is 7.62. The molecule has 5 nitrogen and oxygen atoms in total. The number of aliphatic hydroxyl groups excluding tert-OH is 1. The Hall–Kier alpha value is -1.10. The molecular formula is C8H14N2O3. The van der Waals surface area contributed by atoms with E-state index in [-0.39, 0.29) is 37.3 Å². The van der Waals surface area contributed by atoms with Crippen LogP contribution in [-0.4, -0.2) is 48.6 Å². The van der Waals surface area contributed by atoms with Gasteiger partial charge < -0.3 is 15.3 Å². The van der Waals surface area contributed by atoms with E-state index in [0.29, 0.717) is 6.54 Å². The highest BCUT2D eigenvalue weighted by molar-refractivity contribution is 5.89. The van der Waals surface area contributed by atoms with Gasteiger partial charge in [-0.2, -0.15) is 0 Å². The Bertz CT molecular complexity index is 217. The highest BCUT2D eigenvalue weighted by Crippen LogP contribution is 2.15. The van der Waals surface area contributed by atoms with Gasteiger partial charge in [0, 0.05) is 26.6 Å². The number of nitrogens with zero attached hydrogens (tertiary/aromatic N) is 1. The van der Waals surface area contributed by atoms with Crippen molar-refractivity contribution in [1.82, 2.24) is 10.2 Å². The van der Waals surface area contributed by atoms with Crippen LogP contribution in [0.5, 0.6) is 0 Å². The number of carbonyl (C=O) groups is 2. The van der Waals surface area contributed by atoms with Gasteiger partial charge in [-0.3, -0.25) is 9.59 Å². The number of rotatable bonds is 3. The van der Waals surface area contributed by atoms with Crippen LogP contribution in [0, 0.1) is 5.92 Å². The molecule has 74 valence electrons. The van der Waals surface area contributed by atoms with Gasteiger partial charge in [0.1, 0.15) is 0 Å². The van der Waals surface area contributed by atoms with Crippen molar-refractivity contribution in [2.45, 2.75) is 6.42 Å². The summed E-state index contributed by atoms with van der Waals surface area (Å²) in [5, 5.41) is 11.0. The smallest absolute Gasteiger partial charge is 0.225 e. The number of nitrogens with one attached hydrogen (secondary N) is 1. The fraction of sp³-hybridized carbons (Fsp3) is 0.750. The molecule has 5 heteroatoms. The molecule has 0 aromatic carbocycles. The van der Waals surface area contributed by atoms with Gasteiger partial charge >= 0.3 is 0 Å². The van der Waals surface area contributed by atoms with Crippen LogP contribution in [0.15, 0.2) is 0 Å². The molecule has 1 fully saturated rings. The summed E-state index contributed by atoms with van der Waals surface area (Å²) in [6.07, 6.45) is 0.285. The minimum atomic E-state index is -0.246. The maximum atomic E-state index is 11.3. The number of aliphatic hydroxyl groups is 1. The highest BCUT2D eigenvalue weighted by Gasteiger charge is 2.31. The lowest BCUT2D eigenvalue weighted by atomic mass is 10.1. The molecule has 0 spiro atoms. The van der Waals surface area contributed by atoms with Gasteiger partial charge in [0.15, 0.2) is 0 Å². The van der Waals surface area contributed by atoms with Gasteiger partial charge in [-0.1, -0.05) is 0 Å². The summed E-state index contributed by atoms with van der Waals surface area (Å²) in [5.74, 6) is -0.389.